The standard InChI is InChI=1S/C16H22ClN3/c1-3-8-18-12-14(11-16-7-9-20(2)19-16)13-5-4-6-15(17)10-13/h4-7,9-10,14,18H,3,8,11-12H2,1-2H3. The molecule has 0 radical (unpaired) electrons. The lowest BCUT2D eigenvalue weighted by atomic mass is 9.94. The van der Waals surface area contributed by atoms with Crippen molar-refractivity contribution in [3.05, 3.63) is 52.8 Å². The summed E-state index contributed by atoms with van der Waals surface area (Å²) in [6.07, 6.45) is 4.06. The zero-order chi connectivity index (χ0) is 14.4. The number of nitrogens with one attached hydrogen (secondary N) is 1. The SMILES string of the molecule is CCCNCC(Cc1ccn(C)n1)c1cccc(Cl)c1. The van der Waals surface area contributed by atoms with Gasteiger partial charge in [0.1, 0.15) is 0 Å². The van der Waals surface area contributed by atoms with Crippen molar-refractivity contribution in [2.24, 2.45) is 7.05 Å². The lowest BCUT2D eigenvalue weighted by Crippen LogP contribution is -2.24. The molecule has 108 valence electrons. The van der Waals surface area contributed by atoms with E-state index in [1.54, 1.807) is 0 Å². The van der Waals surface area contributed by atoms with Gasteiger partial charge in [-0.3, -0.25) is 4.68 Å². The van der Waals surface area contributed by atoms with Crippen molar-refractivity contribution < 1.29 is 0 Å². The number of hydrogen-bond donors (Lipinski definition) is 1. The van der Waals surface area contributed by atoms with Crippen molar-refractivity contribution in [2.45, 2.75) is 25.7 Å². The molecule has 20 heavy (non-hydrogen) atoms. The van der Waals surface area contributed by atoms with Gasteiger partial charge >= 0.3 is 0 Å². The Bertz CT molecular complexity index is 536. The highest BCUT2D eigenvalue weighted by atomic mass is 35.5. The molecule has 1 unspecified atom stereocenters. The number of benzene rings is 1. The van der Waals surface area contributed by atoms with Gasteiger partial charge in [-0.25, -0.2) is 0 Å². The van der Waals surface area contributed by atoms with E-state index in [2.05, 4.69) is 35.5 Å². The molecule has 1 N–H and O–H groups in total. The normalized spacial score (nSPS) is 12.6. The molecule has 0 aliphatic heterocycles. The highest BCUT2D eigenvalue weighted by molar-refractivity contribution is 6.30. The highest BCUT2D eigenvalue weighted by Crippen LogP contribution is 2.22. The van der Waals surface area contributed by atoms with Crippen molar-refractivity contribution in [3.63, 3.8) is 0 Å². The monoisotopic (exact) mass is 291 g/mol. The molecular weight excluding hydrogens is 270 g/mol. The molecule has 0 saturated carbocycles. The minimum Gasteiger partial charge on any atom is -0.316 e. The second kappa shape index (κ2) is 7.46. The van der Waals surface area contributed by atoms with Crippen LogP contribution in [0, 0.1) is 0 Å². The van der Waals surface area contributed by atoms with E-state index in [0.717, 1.165) is 36.6 Å². The number of halogens is 1. The summed E-state index contributed by atoms with van der Waals surface area (Å²) in [5, 5.41) is 8.78. The fourth-order valence-corrected chi connectivity index (χ4v) is 2.54. The van der Waals surface area contributed by atoms with Crippen LogP contribution in [0.25, 0.3) is 0 Å². The van der Waals surface area contributed by atoms with Crippen molar-refractivity contribution in [1.82, 2.24) is 15.1 Å². The fourth-order valence-electron chi connectivity index (χ4n) is 2.35. The molecule has 1 heterocycles. The maximum Gasteiger partial charge on any atom is 0.0631 e. The largest absolute Gasteiger partial charge is 0.316 e. The Balaban J connectivity index is 2.11. The van der Waals surface area contributed by atoms with E-state index < -0.39 is 0 Å². The average Bonchev–Trinajstić information content (AvgIpc) is 2.83. The third-order valence-electron chi connectivity index (χ3n) is 3.36. The zero-order valence-electron chi connectivity index (χ0n) is 12.1. The van der Waals surface area contributed by atoms with Crippen LogP contribution >= 0.6 is 11.6 Å². The third-order valence-corrected chi connectivity index (χ3v) is 3.60. The first-order chi connectivity index (χ1) is 9.69. The molecule has 4 heteroatoms. The number of hydrogen-bond acceptors (Lipinski definition) is 2. The average molecular weight is 292 g/mol. The Morgan fingerprint density at radius 2 is 2.20 bits per heavy atom. The van der Waals surface area contributed by atoms with Crippen molar-refractivity contribution >= 4 is 11.6 Å². The van der Waals surface area contributed by atoms with Crippen LogP contribution < -0.4 is 5.32 Å². The van der Waals surface area contributed by atoms with Crippen LogP contribution in [0.15, 0.2) is 36.5 Å². The summed E-state index contributed by atoms with van der Waals surface area (Å²) >= 11 is 6.12. The van der Waals surface area contributed by atoms with Crippen molar-refractivity contribution in [3.8, 4) is 0 Å². The van der Waals surface area contributed by atoms with Crippen LogP contribution in [-0.4, -0.2) is 22.9 Å². The van der Waals surface area contributed by atoms with Gasteiger partial charge in [0.05, 0.1) is 5.69 Å². The molecule has 3 nitrogen and oxygen atoms in total. The highest BCUT2D eigenvalue weighted by Gasteiger charge is 2.14. The van der Waals surface area contributed by atoms with Gasteiger partial charge in [0.25, 0.3) is 0 Å². The molecule has 2 aromatic rings. The zero-order valence-corrected chi connectivity index (χ0v) is 12.9. The van der Waals surface area contributed by atoms with Crippen LogP contribution in [0.3, 0.4) is 0 Å². The van der Waals surface area contributed by atoms with Gasteiger partial charge in [-0.1, -0.05) is 30.7 Å². The van der Waals surface area contributed by atoms with Crippen LogP contribution in [0.5, 0.6) is 0 Å². The summed E-state index contributed by atoms with van der Waals surface area (Å²) in [5.41, 5.74) is 2.39. The predicted molar refractivity (Wildman–Crippen MR) is 84.3 cm³/mol. The van der Waals surface area contributed by atoms with Crippen molar-refractivity contribution in [1.29, 1.82) is 0 Å². The topological polar surface area (TPSA) is 29.9 Å². The van der Waals surface area contributed by atoms with Crippen molar-refractivity contribution in [2.75, 3.05) is 13.1 Å². The molecule has 0 bridgehead atoms. The van der Waals surface area contributed by atoms with Crippen LogP contribution in [0.4, 0.5) is 0 Å². The molecule has 0 saturated heterocycles. The van der Waals surface area contributed by atoms with Crippen LogP contribution in [0.2, 0.25) is 5.02 Å². The van der Waals surface area contributed by atoms with Gasteiger partial charge in [-0.2, -0.15) is 5.10 Å². The van der Waals surface area contributed by atoms with Gasteiger partial charge in [-0.15, -0.1) is 0 Å². The smallest absolute Gasteiger partial charge is 0.0631 e. The molecule has 0 fully saturated rings. The van der Waals surface area contributed by atoms with E-state index >= 15 is 0 Å². The number of nitrogens with zero attached hydrogens (tertiary/aromatic N) is 2. The number of aromatic nitrogens is 2. The minimum absolute atomic E-state index is 0.398. The molecule has 0 amide bonds. The summed E-state index contributed by atoms with van der Waals surface area (Å²) in [4.78, 5) is 0. The molecule has 1 atom stereocenters. The van der Waals surface area contributed by atoms with E-state index in [0.29, 0.717) is 5.92 Å². The molecule has 0 spiro atoms. The summed E-state index contributed by atoms with van der Waals surface area (Å²) in [5.74, 6) is 0.398. The molecule has 1 aromatic carbocycles. The van der Waals surface area contributed by atoms with Crippen LogP contribution in [0.1, 0.15) is 30.5 Å². The Morgan fingerprint density at radius 3 is 2.85 bits per heavy atom. The summed E-state index contributed by atoms with van der Waals surface area (Å²) in [7, 11) is 1.95. The van der Waals surface area contributed by atoms with E-state index in [1.807, 2.05) is 30.1 Å². The van der Waals surface area contributed by atoms with Gasteiger partial charge in [-0.05, 0) is 43.1 Å². The lowest BCUT2D eigenvalue weighted by Gasteiger charge is -2.17. The van der Waals surface area contributed by atoms with E-state index in [9.17, 15) is 0 Å². The predicted octanol–water partition coefficient (Wildman–Crippen LogP) is 3.40. The summed E-state index contributed by atoms with van der Waals surface area (Å²) < 4.78 is 1.85. The Morgan fingerprint density at radius 1 is 1.35 bits per heavy atom. The minimum atomic E-state index is 0.398. The Labute approximate surface area is 126 Å². The van der Waals surface area contributed by atoms with Crippen LogP contribution in [-0.2, 0) is 13.5 Å². The Kier molecular flexibility index (Phi) is 5.62. The van der Waals surface area contributed by atoms with Gasteiger partial charge < -0.3 is 5.32 Å². The summed E-state index contributed by atoms with van der Waals surface area (Å²) in [6, 6.07) is 10.2. The molecule has 1 aromatic heterocycles. The first-order valence-corrected chi connectivity index (χ1v) is 7.51. The maximum atomic E-state index is 6.12. The van der Waals surface area contributed by atoms with E-state index in [4.69, 9.17) is 11.6 Å². The fraction of sp³-hybridized carbons (Fsp3) is 0.438. The summed E-state index contributed by atoms with van der Waals surface area (Å²) in [6.45, 7) is 4.17. The van der Waals surface area contributed by atoms with E-state index in [-0.39, 0.29) is 0 Å². The Hall–Kier alpha value is -1.32. The first-order valence-electron chi connectivity index (χ1n) is 7.13. The molecule has 0 aliphatic carbocycles. The second-order valence-electron chi connectivity index (χ2n) is 5.14. The number of aryl methyl sites for hydroxylation is 1. The van der Waals surface area contributed by atoms with Gasteiger partial charge in [0, 0.05) is 30.7 Å². The van der Waals surface area contributed by atoms with E-state index in [1.165, 1.54) is 5.56 Å². The molecule has 2 rings (SSSR count). The second-order valence-corrected chi connectivity index (χ2v) is 5.58. The molecule has 0 aliphatic rings. The number of rotatable bonds is 7. The third kappa shape index (κ3) is 4.36. The quantitative estimate of drug-likeness (QED) is 0.793. The van der Waals surface area contributed by atoms with Gasteiger partial charge in [0.2, 0.25) is 0 Å². The van der Waals surface area contributed by atoms with Gasteiger partial charge in [0.15, 0.2) is 0 Å². The lowest BCUT2D eigenvalue weighted by molar-refractivity contribution is 0.568. The maximum absolute atomic E-state index is 6.12. The first kappa shape index (κ1) is 15.1. The molecular formula is C16H22ClN3.